The summed E-state index contributed by atoms with van der Waals surface area (Å²) >= 11 is 0. The molecule has 7 heteroatoms. The maximum Gasteiger partial charge on any atom is 0.154 e. The van der Waals surface area contributed by atoms with Crippen LogP contribution in [0, 0.1) is 5.82 Å². The average molecular weight is 261 g/mol. The lowest BCUT2D eigenvalue weighted by atomic mass is 9.96. The molecule has 17 heavy (non-hydrogen) atoms. The number of aromatic nitrogens is 1. The minimum atomic E-state index is -3.41. The summed E-state index contributed by atoms with van der Waals surface area (Å²) in [5.41, 5.74) is 2.54. The van der Waals surface area contributed by atoms with Gasteiger partial charge in [0.25, 0.3) is 0 Å². The Kier molecular flexibility index (Phi) is 3.85. The molecule has 5 nitrogen and oxygen atoms in total. The minimum absolute atomic E-state index is 0.179. The second-order valence-electron chi connectivity index (χ2n) is 4.37. The van der Waals surface area contributed by atoms with E-state index in [-0.39, 0.29) is 5.56 Å². The van der Waals surface area contributed by atoms with Crippen molar-refractivity contribution in [3.63, 3.8) is 0 Å². The molecule has 0 aliphatic heterocycles. The van der Waals surface area contributed by atoms with Gasteiger partial charge in [-0.2, -0.15) is 0 Å². The molecular formula is C10H16FN3O2S. The Labute approximate surface area is 100 Å². The first kappa shape index (κ1) is 14.0. The topological polar surface area (TPSA) is 85.1 Å². The summed E-state index contributed by atoms with van der Waals surface area (Å²) in [7, 11) is -3.41. The van der Waals surface area contributed by atoms with E-state index in [0.717, 1.165) is 12.5 Å². The molecule has 96 valence electrons. The Bertz CT molecular complexity index is 502. The standard InChI is InChI=1S/C10H16FN3O2S/c1-10(2,17(3,15)16)9(14-12)7-4-5-13-6-8(7)11/h4-6,9,14H,12H2,1-3H3. The fourth-order valence-electron chi connectivity index (χ4n) is 1.50. The van der Waals surface area contributed by atoms with E-state index in [4.69, 9.17) is 5.84 Å². The number of pyridine rings is 1. The van der Waals surface area contributed by atoms with Crippen LogP contribution in [0.5, 0.6) is 0 Å². The molecule has 0 bridgehead atoms. The van der Waals surface area contributed by atoms with Crippen molar-refractivity contribution in [2.45, 2.75) is 24.6 Å². The first-order valence-corrected chi connectivity index (χ1v) is 6.86. The normalized spacial score (nSPS) is 14.6. The van der Waals surface area contributed by atoms with E-state index in [2.05, 4.69) is 10.4 Å². The third kappa shape index (κ3) is 2.62. The predicted molar refractivity (Wildman–Crippen MR) is 63.2 cm³/mol. The Balaban J connectivity index is 3.31. The highest BCUT2D eigenvalue weighted by Crippen LogP contribution is 2.32. The van der Waals surface area contributed by atoms with Crippen LogP contribution in [-0.2, 0) is 9.84 Å². The summed E-state index contributed by atoms with van der Waals surface area (Å²) in [6, 6.07) is 0.563. The van der Waals surface area contributed by atoms with Gasteiger partial charge in [0, 0.05) is 18.0 Å². The van der Waals surface area contributed by atoms with Gasteiger partial charge < -0.3 is 0 Å². The van der Waals surface area contributed by atoms with Crippen LogP contribution in [0.2, 0.25) is 0 Å². The molecule has 0 fully saturated rings. The Morgan fingerprint density at radius 2 is 2.12 bits per heavy atom. The van der Waals surface area contributed by atoms with E-state index in [1.54, 1.807) is 0 Å². The minimum Gasteiger partial charge on any atom is -0.271 e. The van der Waals surface area contributed by atoms with E-state index in [1.807, 2.05) is 0 Å². The zero-order valence-corrected chi connectivity index (χ0v) is 10.8. The maximum atomic E-state index is 13.6. The number of nitrogens with zero attached hydrogens (tertiary/aromatic N) is 1. The number of nitrogens with one attached hydrogen (secondary N) is 1. The monoisotopic (exact) mass is 261 g/mol. The number of nitrogens with two attached hydrogens (primary N) is 1. The Morgan fingerprint density at radius 1 is 1.53 bits per heavy atom. The van der Waals surface area contributed by atoms with Crippen LogP contribution < -0.4 is 11.3 Å². The van der Waals surface area contributed by atoms with Gasteiger partial charge in [-0.05, 0) is 19.9 Å². The number of rotatable bonds is 4. The number of hydrogen-bond acceptors (Lipinski definition) is 5. The lowest BCUT2D eigenvalue weighted by molar-refractivity contribution is 0.412. The molecule has 1 atom stereocenters. The molecule has 1 heterocycles. The molecule has 0 amide bonds. The Hall–Kier alpha value is -1.05. The molecule has 1 unspecified atom stereocenters. The van der Waals surface area contributed by atoms with Gasteiger partial charge in [-0.1, -0.05) is 0 Å². The molecule has 1 aromatic heterocycles. The summed E-state index contributed by atoms with van der Waals surface area (Å²) in [6.45, 7) is 2.99. The highest BCUT2D eigenvalue weighted by molar-refractivity contribution is 7.92. The summed E-state index contributed by atoms with van der Waals surface area (Å²) in [5.74, 6) is 4.76. The zero-order valence-electron chi connectivity index (χ0n) is 9.94. The van der Waals surface area contributed by atoms with Crippen molar-refractivity contribution in [2.24, 2.45) is 5.84 Å². The molecule has 0 aliphatic carbocycles. The van der Waals surface area contributed by atoms with Gasteiger partial charge in [-0.25, -0.2) is 12.8 Å². The number of hydrazine groups is 1. The maximum absolute atomic E-state index is 13.6. The third-order valence-electron chi connectivity index (χ3n) is 2.93. The van der Waals surface area contributed by atoms with Crippen molar-refractivity contribution < 1.29 is 12.8 Å². The van der Waals surface area contributed by atoms with Crippen molar-refractivity contribution in [1.82, 2.24) is 10.4 Å². The highest BCUT2D eigenvalue weighted by atomic mass is 32.2. The van der Waals surface area contributed by atoms with Crippen molar-refractivity contribution in [3.05, 3.63) is 29.8 Å². The van der Waals surface area contributed by atoms with Gasteiger partial charge in [0.2, 0.25) is 0 Å². The molecule has 1 rings (SSSR count). The second-order valence-corrected chi connectivity index (χ2v) is 6.97. The largest absolute Gasteiger partial charge is 0.271 e. The van der Waals surface area contributed by atoms with E-state index < -0.39 is 26.4 Å². The first-order valence-electron chi connectivity index (χ1n) is 4.97. The fraction of sp³-hybridized carbons (Fsp3) is 0.500. The highest BCUT2D eigenvalue weighted by Gasteiger charge is 2.40. The van der Waals surface area contributed by atoms with E-state index >= 15 is 0 Å². The van der Waals surface area contributed by atoms with Gasteiger partial charge in [-0.3, -0.25) is 16.3 Å². The smallest absolute Gasteiger partial charge is 0.154 e. The van der Waals surface area contributed by atoms with Gasteiger partial charge in [0.15, 0.2) is 9.84 Å². The average Bonchev–Trinajstić information content (AvgIpc) is 2.20. The summed E-state index contributed by atoms with van der Waals surface area (Å²) in [6.07, 6.45) is 3.51. The summed E-state index contributed by atoms with van der Waals surface area (Å²) in [4.78, 5) is 3.61. The summed E-state index contributed by atoms with van der Waals surface area (Å²) < 4.78 is 35.8. The van der Waals surface area contributed by atoms with Crippen molar-refractivity contribution in [2.75, 3.05) is 6.26 Å². The molecule has 0 spiro atoms. The lowest BCUT2D eigenvalue weighted by Crippen LogP contribution is -2.47. The van der Waals surface area contributed by atoms with Crippen molar-refractivity contribution >= 4 is 9.84 Å². The van der Waals surface area contributed by atoms with Gasteiger partial charge in [-0.15, -0.1) is 0 Å². The SMILES string of the molecule is CC(C)(C(NN)c1ccncc1F)S(C)(=O)=O. The van der Waals surface area contributed by atoms with Gasteiger partial charge in [0.1, 0.15) is 5.82 Å². The van der Waals surface area contributed by atoms with E-state index in [0.29, 0.717) is 0 Å². The Morgan fingerprint density at radius 3 is 2.53 bits per heavy atom. The molecule has 0 radical (unpaired) electrons. The summed E-state index contributed by atoms with van der Waals surface area (Å²) in [5, 5.41) is 0. The van der Waals surface area contributed by atoms with Crippen LogP contribution in [0.4, 0.5) is 4.39 Å². The lowest BCUT2D eigenvalue weighted by Gasteiger charge is -2.32. The van der Waals surface area contributed by atoms with Gasteiger partial charge >= 0.3 is 0 Å². The number of halogens is 1. The van der Waals surface area contributed by atoms with Crippen LogP contribution in [0.25, 0.3) is 0 Å². The van der Waals surface area contributed by atoms with Crippen LogP contribution in [0.15, 0.2) is 18.5 Å². The number of sulfone groups is 1. The van der Waals surface area contributed by atoms with Crippen molar-refractivity contribution in [3.8, 4) is 0 Å². The molecular weight excluding hydrogens is 245 g/mol. The molecule has 0 saturated heterocycles. The zero-order chi connectivity index (χ0) is 13.3. The van der Waals surface area contributed by atoms with E-state index in [1.165, 1.54) is 26.1 Å². The van der Waals surface area contributed by atoms with Gasteiger partial charge in [0.05, 0.1) is 17.0 Å². The van der Waals surface area contributed by atoms with E-state index in [9.17, 15) is 12.8 Å². The van der Waals surface area contributed by atoms with Crippen LogP contribution in [-0.4, -0.2) is 24.4 Å². The molecule has 3 N–H and O–H groups in total. The predicted octanol–water partition coefficient (Wildman–Crippen LogP) is 0.548. The molecule has 0 aromatic carbocycles. The van der Waals surface area contributed by atoms with Crippen LogP contribution in [0.1, 0.15) is 25.5 Å². The first-order chi connectivity index (χ1) is 7.71. The van der Waals surface area contributed by atoms with Crippen LogP contribution in [0.3, 0.4) is 0 Å². The van der Waals surface area contributed by atoms with Crippen LogP contribution >= 0.6 is 0 Å². The van der Waals surface area contributed by atoms with Crippen molar-refractivity contribution in [1.29, 1.82) is 0 Å². The molecule has 0 aliphatic rings. The number of hydrogen-bond donors (Lipinski definition) is 2. The quantitative estimate of drug-likeness (QED) is 0.610. The molecule has 1 aromatic rings. The molecule has 0 saturated carbocycles. The second kappa shape index (κ2) is 4.67. The fourth-order valence-corrected chi connectivity index (χ4v) is 2.12. The third-order valence-corrected chi connectivity index (χ3v) is 5.08.